The van der Waals surface area contributed by atoms with Gasteiger partial charge in [-0.2, -0.15) is 0 Å². The Morgan fingerprint density at radius 1 is 1.17 bits per heavy atom. The van der Waals surface area contributed by atoms with E-state index in [1.165, 1.54) is 10.6 Å². The number of hydrogen-bond donors (Lipinski definition) is 0. The van der Waals surface area contributed by atoms with Crippen LogP contribution in [-0.2, 0) is 17.8 Å². The normalized spacial score (nSPS) is 15.3. The summed E-state index contributed by atoms with van der Waals surface area (Å²) in [6.45, 7) is 3.42. The number of ether oxygens (including phenoxy) is 2. The van der Waals surface area contributed by atoms with Gasteiger partial charge in [0.1, 0.15) is 11.6 Å². The largest absolute Gasteiger partial charge is 0.497 e. The fraction of sp³-hybridized carbons (Fsp3) is 0.333. The van der Waals surface area contributed by atoms with Crippen LogP contribution in [0.2, 0.25) is 5.02 Å². The van der Waals surface area contributed by atoms with Crippen LogP contribution in [0.5, 0.6) is 5.75 Å². The summed E-state index contributed by atoms with van der Waals surface area (Å²) in [5, 5.41) is -0.0168. The fourth-order valence-corrected chi connectivity index (χ4v) is 3.70. The minimum Gasteiger partial charge on any atom is -0.497 e. The topological polar surface area (TPSA) is 62.5 Å². The molecule has 0 spiro atoms. The maximum Gasteiger partial charge on any atom is 0.331 e. The molecule has 29 heavy (non-hydrogen) atoms. The number of benzene rings is 2. The maximum atomic E-state index is 14.1. The van der Waals surface area contributed by atoms with Crippen molar-refractivity contribution in [2.24, 2.45) is 5.41 Å². The van der Waals surface area contributed by atoms with Crippen LogP contribution in [-0.4, -0.2) is 29.5 Å². The minimum atomic E-state index is -0.698. The first-order chi connectivity index (χ1) is 13.8. The van der Waals surface area contributed by atoms with Crippen molar-refractivity contribution in [3.63, 3.8) is 0 Å². The van der Waals surface area contributed by atoms with Crippen molar-refractivity contribution in [3.05, 3.63) is 73.6 Å². The van der Waals surface area contributed by atoms with Crippen LogP contribution in [0.1, 0.15) is 12.5 Å². The number of methoxy groups -OCH3 is 1. The molecule has 8 heteroatoms. The van der Waals surface area contributed by atoms with E-state index in [1.54, 1.807) is 31.4 Å². The number of fused-ring (bicyclic) bond motifs is 1. The van der Waals surface area contributed by atoms with Gasteiger partial charge < -0.3 is 9.47 Å². The molecule has 6 nitrogen and oxygen atoms in total. The zero-order valence-electron chi connectivity index (χ0n) is 16.1. The quantitative estimate of drug-likeness (QED) is 0.639. The fourth-order valence-electron chi connectivity index (χ4n) is 3.54. The lowest BCUT2D eigenvalue weighted by atomic mass is 9.88. The molecular formula is C21H20ClFN2O4. The minimum absolute atomic E-state index is 0.0645. The molecule has 0 unspecified atom stereocenters. The number of aromatic nitrogens is 2. The van der Waals surface area contributed by atoms with E-state index < -0.39 is 17.1 Å². The average Bonchev–Trinajstić information content (AvgIpc) is 2.69. The lowest BCUT2D eigenvalue weighted by Crippen LogP contribution is -2.48. The second-order valence-electron chi connectivity index (χ2n) is 7.70. The van der Waals surface area contributed by atoms with E-state index in [1.807, 2.05) is 6.92 Å². The van der Waals surface area contributed by atoms with E-state index in [4.69, 9.17) is 21.1 Å². The number of hydrogen-bond acceptors (Lipinski definition) is 4. The second kappa shape index (κ2) is 7.31. The highest BCUT2D eigenvalue weighted by Crippen LogP contribution is 2.29. The van der Waals surface area contributed by atoms with Gasteiger partial charge in [-0.1, -0.05) is 30.7 Å². The van der Waals surface area contributed by atoms with Gasteiger partial charge in [0, 0.05) is 12.0 Å². The average molecular weight is 419 g/mol. The Balaban J connectivity index is 1.90. The van der Waals surface area contributed by atoms with Crippen LogP contribution < -0.4 is 16.0 Å². The predicted octanol–water partition coefficient (Wildman–Crippen LogP) is 3.05. The lowest BCUT2D eigenvalue weighted by molar-refractivity contribution is -0.110. The van der Waals surface area contributed by atoms with Gasteiger partial charge in [0.25, 0.3) is 5.56 Å². The van der Waals surface area contributed by atoms with Crippen molar-refractivity contribution >= 4 is 22.5 Å². The first-order valence-electron chi connectivity index (χ1n) is 9.14. The SMILES string of the molecule is COc1ccc(Cn2c(=O)c3cc(F)c(Cl)cc3n(CC3(C)COC3)c2=O)cc1. The molecule has 1 fully saturated rings. The van der Waals surface area contributed by atoms with Crippen LogP contribution in [0.4, 0.5) is 4.39 Å². The predicted molar refractivity (Wildman–Crippen MR) is 108 cm³/mol. The first-order valence-corrected chi connectivity index (χ1v) is 9.52. The van der Waals surface area contributed by atoms with Gasteiger partial charge in [0.2, 0.25) is 0 Å². The molecule has 1 aromatic heterocycles. The number of rotatable bonds is 5. The van der Waals surface area contributed by atoms with E-state index >= 15 is 0 Å². The van der Waals surface area contributed by atoms with Crippen LogP contribution in [0.25, 0.3) is 10.9 Å². The van der Waals surface area contributed by atoms with Gasteiger partial charge >= 0.3 is 5.69 Å². The highest BCUT2D eigenvalue weighted by molar-refractivity contribution is 6.31. The van der Waals surface area contributed by atoms with Crippen molar-refractivity contribution in [1.29, 1.82) is 0 Å². The Morgan fingerprint density at radius 2 is 1.86 bits per heavy atom. The van der Waals surface area contributed by atoms with E-state index in [2.05, 4.69) is 0 Å². The van der Waals surface area contributed by atoms with Crippen molar-refractivity contribution in [2.75, 3.05) is 20.3 Å². The Bertz CT molecular complexity index is 1200. The summed E-state index contributed by atoms with van der Waals surface area (Å²) in [7, 11) is 1.56. The maximum absolute atomic E-state index is 14.1. The zero-order valence-corrected chi connectivity index (χ0v) is 16.8. The summed E-state index contributed by atoms with van der Waals surface area (Å²) in [5.41, 5.74) is -0.175. The Labute approximate surface area is 171 Å². The van der Waals surface area contributed by atoms with E-state index in [0.717, 1.165) is 16.2 Å². The summed E-state index contributed by atoms with van der Waals surface area (Å²) < 4.78 is 27.2. The molecule has 0 atom stereocenters. The molecule has 4 rings (SSSR count). The molecule has 1 aliphatic heterocycles. The highest BCUT2D eigenvalue weighted by atomic mass is 35.5. The van der Waals surface area contributed by atoms with Gasteiger partial charge in [-0.15, -0.1) is 0 Å². The van der Waals surface area contributed by atoms with Crippen LogP contribution >= 0.6 is 11.6 Å². The van der Waals surface area contributed by atoms with Gasteiger partial charge in [-0.25, -0.2) is 9.18 Å². The van der Waals surface area contributed by atoms with Crippen molar-refractivity contribution in [3.8, 4) is 5.75 Å². The molecular weight excluding hydrogens is 399 g/mol. The molecule has 0 aliphatic carbocycles. The molecule has 0 saturated carbocycles. The van der Waals surface area contributed by atoms with Gasteiger partial charge in [0.15, 0.2) is 0 Å². The van der Waals surface area contributed by atoms with Gasteiger partial charge in [0.05, 0.1) is 42.8 Å². The molecule has 1 saturated heterocycles. The van der Waals surface area contributed by atoms with E-state index in [0.29, 0.717) is 31.0 Å². The summed E-state index contributed by atoms with van der Waals surface area (Å²) in [4.78, 5) is 26.3. The lowest BCUT2D eigenvalue weighted by Gasteiger charge is -2.38. The Kier molecular flexibility index (Phi) is 4.96. The second-order valence-corrected chi connectivity index (χ2v) is 8.10. The van der Waals surface area contributed by atoms with Crippen LogP contribution in [0.3, 0.4) is 0 Å². The Morgan fingerprint density at radius 3 is 2.45 bits per heavy atom. The molecule has 2 heterocycles. The monoisotopic (exact) mass is 418 g/mol. The zero-order chi connectivity index (χ0) is 20.8. The molecule has 2 aromatic carbocycles. The summed E-state index contributed by atoms with van der Waals surface area (Å²) >= 11 is 5.95. The molecule has 0 radical (unpaired) electrons. The van der Waals surface area contributed by atoms with E-state index in [-0.39, 0.29) is 22.4 Å². The third kappa shape index (κ3) is 3.56. The van der Waals surface area contributed by atoms with Gasteiger partial charge in [-0.05, 0) is 29.8 Å². The van der Waals surface area contributed by atoms with Crippen molar-refractivity contribution < 1.29 is 13.9 Å². The third-order valence-electron chi connectivity index (χ3n) is 5.21. The van der Waals surface area contributed by atoms with Crippen LogP contribution in [0, 0.1) is 11.2 Å². The number of halogens is 2. The summed E-state index contributed by atoms with van der Waals surface area (Å²) in [6.07, 6.45) is 0. The van der Waals surface area contributed by atoms with E-state index in [9.17, 15) is 14.0 Å². The molecule has 0 amide bonds. The Hall–Kier alpha value is -2.64. The standard InChI is InChI=1S/C21H20ClFN2O4/c1-21(11-29-12-21)10-25-18-8-16(22)17(23)7-15(18)19(26)24(20(25)27)9-13-3-5-14(28-2)6-4-13/h3-8H,9-12H2,1-2H3. The van der Waals surface area contributed by atoms with Crippen molar-refractivity contribution in [2.45, 2.75) is 20.0 Å². The molecule has 0 N–H and O–H groups in total. The summed E-state index contributed by atoms with van der Waals surface area (Å²) in [6, 6.07) is 9.51. The third-order valence-corrected chi connectivity index (χ3v) is 5.50. The summed E-state index contributed by atoms with van der Waals surface area (Å²) in [5.74, 6) is -0.0257. The smallest absolute Gasteiger partial charge is 0.331 e. The first kappa shape index (κ1) is 19.7. The molecule has 152 valence electrons. The van der Waals surface area contributed by atoms with Crippen LogP contribution in [0.15, 0.2) is 46.0 Å². The molecule has 0 bridgehead atoms. The number of nitrogens with zero attached hydrogens (tertiary/aromatic N) is 2. The molecule has 3 aromatic rings. The molecule has 1 aliphatic rings. The van der Waals surface area contributed by atoms with Gasteiger partial charge in [-0.3, -0.25) is 13.9 Å². The highest BCUT2D eigenvalue weighted by Gasteiger charge is 2.35. The van der Waals surface area contributed by atoms with Crippen molar-refractivity contribution in [1.82, 2.24) is 9.13 Å².